The fourth-order valence-corrected chi connectivity index (χ4v) is 6.22. The average Bonchev–Trinajstić information content (AvgIpc) is 3.89. The standard InChI is InChI=1S/C31H40ClF3N2O6/c1-18-25(29(38)40-2)26(22-5-3-7-23(28(22)32)31(33,34)35)27(24(37-18)17-42-16-15-41-14-12-36)30(39)43-13-4-6-21(19-8-9-19)20-10-11-20/h3,5,7,19-21,26,37H,4,6,8-17,36H2,1-2H3/t26-/m1/s1. The van der Waals surface area contributed by atoms with Crippen molar-refractivity contribution in [3.05, 3.63) is 56.9 Å². The molecule has 3 N–H and O–H groups in total. The van der Waals surface area contributed by atoms with Crippen molar-refractivity contribution in [3.63, 3.8) is 0 Å². The number of hydrogen-bond donors (Lipinski definition) is 2. The predicted molar refractivity (Wildman–Crippen MR) is 154 cm³/mol. The molecule has 0 radical (unpaired) electrons. The third-order valence-electron chi connectivity index (χ3n) is 8.17. The molecule has 1 aromatic rings. The lowest BCUT2D eigenvalue weighted by atomic mass is 9.79. The van der Waals surface area contributed by atoms with Crippen molar-refractivity contribution in [1.82, 2.24) is 5.32 Å². The van der Waals surface area contributed by atoms with E-state index in [4.69, 9.17) is 36.3 Å². The quantitative estimate of drug-likeness (QED) is 0.183. The number of halogens is 4. The highest BCUT2D eigenvalue weighted by Gasteiger charge is 2.43. The number of carbonyl (C=O) groups excluding carboxylic acids is 2. The van der Waals surface area contributed by atoms with Crippen LogP contribution in [0, 0.1) is 17.8 Å². The summed E-state index contributed by atoms with van der Waals surface area (Å²) in [5.74, 6) is -0.724. The van der Waals surface area contributed by atoms with Gasteiger partial charge in [0.05, 0.1) is 73.5 Å². The third kappa shape index (κ3) is 8.53. The number of alkyl halides is 3. The lowest BCUT2D eigenvalue weighted by Crippen LogP contribution is -2.35. The smallest absolute Gasteiger partial charge is 0.417 e. The van der Waals surface area contributed by atoms with Crippen molar-refractivity contribution in [1.29, 1.82) is 0 Å². The lowest BCUT2D eigenvalue weighted by molar-refractivity contribution is -0.140. The van der Waals surface area contributed by atoms with E-state index in [9.17, 15) is 22.8 Å². The van der Waals surface area contributed by atoms with E-state index < -0.39 is 34.6 Å². The first-order valence-electron chi connectivity index (χ1n) is 14.8. The summed E-state index contributed by atoms with van der Waals surface area (Å²) in [4.78, 5) is 26.9. The second-order valence-electron chi connectivity index (χ2n) is 11.3. The van der Waals surface area contributed by atoms with E-state index in [1.807, 2.05) is 0 Å². The van der Waals surface area contributed by atoms with E-state index in [1.165, 1.54) is 37.8 Å². The normalized spacial score (nSPS) is 19.1. The Balaban J connectivity index is 1.65. The van der Waals surface area contributed by atoms with E-state index in [2.05, 4.69) is 5.32 Å². The van der Waals surface area contributed by atoms with Crippen LogP contribution in [0.15, 0.2) is 40.7 Å². The monoisotopic (exact) mass is 628 g/mol. The van der Waals surface area contributed by atoms with Gasteiger partial charge in [0.15, 0.2) is 0 Å². The molecule has 1 atom stereocenters. The Kier molecular flexibility index (Phi) is 11.6. The van der Waals surface area contributed by atoms with Gasteiger partial charge >= 0.3 is 18.1 Å². The van der Waals surface area contributed by atoms with E-state index in [1.54, 1.807) is 6.92 Å². The van der Waals surface area contributed by atoms with Crippen LogP contribution >= 0.6 is 11.6 Å². The second kappa shape index (κ2) is 14.9. The summed E-state index contributed by atoms with van der Waals surface area (Å²) in [5.41, 5.74) is 4.72. The Morgan fingerprint density at radius 1 is 1.02 bits per heavy atom. The summed E-state index contributed by atoms with van der Waals surface area (Å²) in [6.07, 6.45) is 1.87. The summed E-state index contributed by atoms with van der Waals surface area (Å²) in [7, 11) is 1.16. The molecule has 2 aliphatic carbocycles. The molecule has 2 saturated carbocycles. The maximum atomic E-state index is 13.9. The molecule has 8 nitrogen and oxygen atoms in total. The van der Waals surface area contributed by atoms with Crippen LogP contribution in [0.2, 0.25) is 5.02 Å². The second-order valence-corrected chi connectivity index (χ2v) is 11.6. The van der Waals surface area contributed by atoms with Gasteiger partial charge in [0.2, 0.25) is 0 Å². The maximum Gasteiger partial charge on any atom is 0.417 e. The fourth-order valence-electron chi connectivity index (χ4n) is 5.88. The lowest BCUT2D eigenvalue weighted by Gasteiger charge is -2.32. The number of benzene rings is 1. The highest BCUT2D eigenvalue weighted by Crippen LogP contribution is 2.51. The van der Waals surface area contributed by atoms with Crippen LogP contribution in [0.5, 0.6) is 0 Å². The number of ether oxygens (including phenoxy) is 4. The number of nitrogens with two attached hydrogens (primary N) is 1. The molecule has 43 heavy (non-hydrogen) atoms. The minimum atomic E-state index is -4.76. The summed E-state index contributed by atoms with van der Waals surface area (Å²) >= 11 is 6.37. The fraction of sp³-hybridized carbons (Fsp3) is 0.613. The summed E-state index contributed by atoms with van der Waals surface area (Å²) in [5, 5.41) is 2.42. The Morgan fingerprint density at radius 2 is 1.70 bits per heavy atom. The Hall–Kier alpha value is -2.60. The zero-order valence-electron chi connectivity index (χ0n) is 24.6. The van der Waals surface area contributed by atoms with Crippen LogP contribution in [0.4, 0.5) is 13.2 Å². The van der Waals surface area contributed by atoms with Crippen molar-refractivity contribution < 1.29 is 41.7 Å². The number of esters is 2. The van der Waals surface area contributed by atoms with Gasteiger partial charge in [-0.15, -0.1) is 0 Å². The van der Waals surface area contributed by atoms with Crippen LogP contribution in [0.1, 0.15) is 62.5 Å². The Bertz CT molecular complexity index is 1210. The molecule has 4 rings (SSSR count). The largest absolute Gasteiger partial charge is 0.466 e. The molecule has 2 fully saturated rings. The first-order valence-corrected chi connectivity index (χ1v) is 15.1. The molecule has 1 heterocycles. The number of allylic oxidation sites excluding steroid dienone is 1. The number of dihydropyridines is 1. The highest BCUT2D eigenvalue weighted by molar-refractivity contribution is 6.32. The van der Waals surface area contributed by atoms with Gasteiger partial charge in [-0.3, -0.25) is 0 Å². The molecule has 12 heteroatoms. The molecule has 1 aliphatic heterocycles. The van der Waals surface area contributed by atoms with Crippen LogP contribution in [0.3, 0.4) is 0 Å². The van der Waals surface area contributed by atoms with E-state index in [0.29, 0.717) is 25.5 Å². The zero-order chi connectivity index (χ0) is 31.1. The molecule has 1 aromatic carbocycles. The maximum absolute atomic E-state index is 13.9. The molecule has 0 spiro atoms. The van der Waals surface area contributed by atoms with Crippen molar-refractivity contribution in [2.75, 3.05) is 46.7 Å². The molecule has 3 aliphatic rings. The van der Waals surface area contributed by atoms with Crippen molar-refractivity contribution in [2.45, 2.75) is 57.5 Å². The van der Waals surface area contributed by atoms with Gasteiger partial charge in [-0.05, 0) is 74.8 Å². The van der Waals surface area contributed by atoms with E-state index >= 15 is 0 Å². The molecule has 0 unspecified atom stereocenters. The summed E-state index contributed by atoms with van der Waals surface area (Å²) in [6, 6.07) is 3.41. The topological polar surface area (TPSA) is 109 Å². The van der Waals surface area contributed by atoms with E-state index in [0.717, 1.165) is 31.4 Å². The van der Waals surface area contributed by atoms with Crippen LogP contribution in [0.25, 0.3) is 0 Å². The first-order chi connectivity index (χ1) is 20.6. The van der Waals surface area contributed by atoms with Crippen LogP contribution < -0.4 is 11.1 Å². The average molecular weight is 629 g/mol. The van der Waals surface area contributed by atoms with Crippen LogP contribution in [-0.2, 0) is 34.7 Å². The molecule has 0 amide bonds. The molecular formula is C31H40ClF3N2O6. The van der Waals surface area contributed by atoms with Gasteiger partial charge in [0, 0.05) is 12.2 Å². The van der Waals surface area contributed by atoms with Gasteiger partial charge < -0.3 is 30.0 Å². The van der Waals surface area contributed by atoms with Gasteiger partial charge in [-0.25, -0.2) is 9.59 Å². The summed E-state index contributed by atoms with van der Waals surface area (Å²) in [6.45, 7) is 2.70. The molecular weight excluding hydrogens is 589 g/mol. The van der Waals surface area contributed by atoms with E-state index in [-0.39, 0.29) is 54.5 Å². The van der Waals surface area contributed by atoms with Crippen LogP contribution in [-0.4, -0.2) is 58.6 Å². The van der Waals surface area contributed by atoms with Crippen molar-refractivity contribution in [2.24, 2.45) is 23.5 Å². The highest BCUT2D eigenvalue weighted by atomic mass is 35.5. The van der Waals surface area contributed by atoms with Gasteiger partial charge in [-0.1, -0.05) is 23.7 Å². The minimum absolute atomic E-state index is 0.0479. The number of nitrogens with one attached hydrogen (secondary N) is 1. The van der Waals surface area contributed by atoms with Crippen molar-refractivity contribution in [3.8, 4) is 0 Å². The molecule has 0 bridgehead atoms. The Labute approximate surface area is 255 Å². The van der Waals surface area contributed by atoms with Crippen molar-refractivity contribution >= 4 is 23.5 Å². The number of methoxy groups -OCH3 is 1. The van der Waals surface area contributed by atoms with Gasteiger partial charge in [0.25, 0.3) is 0 Å². The molecule has 0 saturated heterocycles. The zero-order valence-corrected chi connectivity index (χ0v) is 25.3. The van der Waals surface area contributed by atoms with Gasteiger partial charge in [-0.2, -0.15) is 13.2 Å². The SMILES string of the molecule is COC(=O)C1=C(C)NC(COCCOCCN)=C(C(=O)OCCCC(C2CC2)C2CC2)[C@@H]1c1cccc(C(F)(F)F)c1Cl. The van der Waals surface area contributed by atoms with Gasteiger partial charge in [0.1, 0.15) is 0 Å². The molecule has 238 valence electrons. The number of hydrogen-bond acceptors (Lipinski definition) is 8. The summed E-state index contributed by atoms with van der Waals surface area (Å²) < 4.78 is 63.4. The number of carbonyl (C=O) groups is 2. The minimum Gasteiger partial charge on any atom is -0.466 e. The predicted octanol–water partition coefficient (Wildman–Crippen LogP) is 5.50. The first kappa shape index (κ1) is 33.3. The third-order valence-corrected chi connectivity index (χ3v) is 8.59. The molecule has 0 aromatic heterocycles. The number of rotatable bonds is 16. The Morgan fingerprint density at radius 3 is 2.30 bits per heavy atom.